The maximum absolute atomic E-state index is 9.25. The summed E-state index contributed by atoms with van der Waals surface area (Å²) in [7, 11) is 0. The highest BCUT2D eigenvalue weighted by Crippen LogP contribution is 2.35. The summed E-state index contributed by atoms with van der Waals surface area (Å²) < 4.78 is 5.35. The molecule has 0 bridgehead atoms. The van der Waals surface area contributed by atoms with Crippen LogP contribution in [0.25, 0.3) is 0 Å². The second-order valence-electron chi connectivity index (χ2n) is 3.21. The molecule has 0 spiro atoms. The van der Waals surface area contributed by atoms with Crippen LogP contribution in [0.3, 0.4) is 0 Å². The van der Waals surface area contributed by atoms with Crippen molar-refractivity contribution in [2.45, 2.75) is 18.9 Å². The standard InChI is InChI=1S/C11H12O2/c1-2-13-11-6-3-8-7-9(12)4-5-10(8)11/h2,4-5,7,11-12H,1,3,6H2. The molecule has 1 unspecified atom stereocenters. The summed E-state index contributed by atoms with van der Waals surface area (Å²) in [5.74, 6) is 0.331. The molecule has 1 aliphatic rings. The Hall–Kier alpha value is -1.44. The monoisotopic (exact) mass is 176 g/mol. The maximum Gasteiger partial charge on any atom is 0.123 e. The molecule has 0 amide bonds. The lowest BCUT2D eigenvalue weighted by atomic mass is 10.1. The van der Waals surface area contributed by atoms with Crippen LogP contribution in [0.1, 0.15) is 23.7 Å². The molecule has 2 heteroatoms. The molecule has 0 heterocycles. The molecule has 0 saturated heterocycles. The Kier molecular flexibility index (Phi) is 1.97. The summed E-state index contributed by atoms with van der Waals surface area (Å²) in [4.78, 5) is 0. The van der Waals surface area contributed by atoms with Gasteiger partial charge < -0.3 is 9.84 Å². The molecule has 68 valence electrons. The molecule has 0 aromatic heterocycles. The Morgan fingerprint density at radius 3 is 3.15 bits per heavy atom. The number of aromatic hydroxyl groups is 1. The van der Waals surface area contributed by atoms with E-state index in [1.807, 2.05) is 12.1 Å². The first-order chi connectivity index (χ1) is 6.31. The highest BCUT2D eigenvalue weighted by Gasteiger charge is 2.22. The Labute approximate surface area is 77.5 Å². The summed E-state index contributed by atoms with van der Waals surface area (Å²) in [6, 6.07) is 5.43. The van der Waals surface area contributed by atoms with Crippen LogP contribution in [-0.4, -0.2) is 5.11 Å². The second kappa shape index (κ2) is 3.13. The van der Waals surface area contributed by atoms with Crippen LogP contribution >= 0.6 is 0 Å². The fourth-order valence-electron chi connectivity index (χ4n) is 1.82. The van der Waals surface area contributed by atoms with Crippen molar-refractivity contribution in [2.75, 3.05) is 0 Å². The zero-order chi connectivity index (χ0) is 9.26. The number of phenols is 1. The predicted octanol–water partition coefficient (Wildman–Crippen LogP) is 2.54. The third-order valence-electron chi connectivity index (χ3n) is 2.41. The van der Waals surface area contributed by atoms with E-state index in [0.29, 0.717) is 5.75 Å². The van der Waals surface area contributed by atoms with E-state index in [0.717, 1.165) is 12.8 Å². The number of rotatable bonds is 2. The van der Waals surface area contributed by atoms with Crippen molar-refractivity contribution < 1.29 is 9.84 Å². The topological polar surface area (TPSA) is 29.5 Å². The number of benzene rings is 1. The molecule has 1 aliphatic carbocycles. The first-order valence-electron chi connectivity index (χ1n) is 4.39. The van der Waals surface area contributed by atoms with Crippen molar-refractivity contribution in [3.05, 3.63) is 42.2 Å². The lowest BCUT2D eigenvalue weighted by Crippen LogP contribution is -1.93. The molecule has 0 aliphatic heterocycles. The van der Waals surface area contributed by atoms with Crippen LogP contribution in [-0.2, 0) is 11.2 Å². The number of fused-ring (bicyclic) bond motifs is 1. The molecular weight excluding hydrogens is 164 g/mol. The van der Waals surface area contributed by atoms with E-state index in [-0.39, 0.29) is 6.10 Å². The summed E-state index contributed by atoms with van der Waals surface area (Å²) in [6.07, 6.45) is 3.56. The molecule has 0 fully saturated rings. The van der Waals surface area contributed by atoms with Gasteiger partial charge in [0.15, 0.2) is 0 Å². The number of aryl methyl sites for hydroxylation is 1. The maximum atomic E-state index is 9.25. The van der Waals surface area contributed by atoms with Gasteiger partial charge in [-0.3, -0.25) is 0 Å². The van der Waals surface area contributed by atoms with Gasteiger partial charge in [-0.25, -0.2) is 0 Å². The Bertz CT molecular complexity index is 331. The average Bonchev–Trinajstić information content (AvgIpc) is 2.49. The van der Waals surface area contributed by atoms with Gasteiger partial charge >= 0.3 is 0 Å². The molecule has 13 heavy (non-hydrogen) atoms. The van der Waals surface area contributed by atoms with E-state index < -0.39 is 0 Å². The Morgan fingerprint density at radius 1 is 1.54 bits per heavy atom. The molecule has 2 nitrogen and oxygen atoms in total. The van der Waals surface area contributed by atoms with Crippen molar-refractivity contribution in [3.8, 4) is 5.75 Å². The van der Waals surface area contributed by atoms with E-state index >= 15 is 0 Å². The number of phenolic OH excluding ortho intramolecular Hbond substituents is 1. The van der Waals surface area contributed by atoms with E-state index in [9.17, 15) is 5.11 Å². The molecule has 2 rings (SSSR count). The van der Waals surface area contributed by atoms with Crippen molar-refractivity contribution >= 4 is 0 Å². The number of ether oxygens (including phenoxy) is 1. The lowest BCUT2D eigenvalue weighted by Gasteiger charge is -2.10. The van der Waals surface area contributed by atoms with Gasteiger partial charge in [-0.1, -0.05) is 12.6 Å². The van der Waals surface area contributed by atoms with Crippen LogP contribution in [0.2, 0.25) is 0 Å². The third-order valence-corrected chi connectivity index (χ3v) is 2.41. The minimum Gasteiger partial charge on any atom is -0.508 e. The van der Waals surface area contributed by atoms with Gasteiger partial charge in [0.2, 0.25) is 0 Å². The van der Waals surface area contributed by atoms with Gasteiger partial charge in [-0.05, 0) is 36.1 Å². The zero-order valence-electron chi connectivity index (χ0n) is 7.36. The lowest BCUT2D eigenvalue weighted by molar-refractivity contribution is 0.148. The third kappa shape index (κ3) is 1.39. The molecule has 1 aromatic rings. The number of hydrogen-bond acceptors (Lipinski definition) is 2. The highest BCUT2D eigenvalue weighted by molar-refractivity contribution is 5.39. The van der Waals surface area contributed by atoms with Crippen LogP contribution in [0, 0.1) is 0 Å². The SMILES string of the molecule is C=COC1CCc2cc(O)ccc21. The normalized spacial score (nSPS) is 19.5. The molecule has 1 N–H and O–H groups in total. The van der Waals surface area contributed by atoms with Crippen LogP contribution in [0.15, 0.2) is 31.0 Å². The number of hydrogen-bond donors (Lipinski definition) is 1. The minimum atomic E-state index is 0.132. The summed E-state index contributed by atoms with van der Waals surface area (Å²) in [6.45, 7) is 3.54. The van der Waals surface area contributed by atoms with Crippen molar-refractivity contribution in [1.82, 2.24) is 0 Å². The Balaban J connectivity index is 2.32. The first kappa shape index (κ1) is 8.17. The second-order valence-corrected chi connectivity index (χ2v) is 3.21. The molecular formula is C11H12O2. The average molecular weight is 176 g/mol. The van der Waals surface area contributed by atoms with Crippen LogP contribution in [0.4, 0.5) is 0 Å². The van der Waals surface area contributed by atoms with Gasteiger partial charge in [0.25, 0.3) is 0 Å². The van der Waals surface area contributed by atoms with E-state index in [1.165, 1.54) is 17.4 Å². The smallest absolute Gasteiger partial charge is 0.123 e. The highest BCUT2D eigenvalue weighted by atomic mass is 16.5. The summed E-state index contributed by atoms with van der Waals surface area (Å²) in [5.41, 5.74) is 2.37. The largest absolute Gasteiger partial charge is 0.508 e. The summed E-state index contributed by atoms with van der Waals surface area (Å²) in [5, 5.41) is 9.25. The fourth-order valence-corrected chi connectivity index (χ4v) is 1.82. The van der Waals surface area contributed by atoms with Crippen molar-refractivity contribution in [3.63, 3.8) is 0 Å². The summed E-state index contributed by atoms with van der Waals surface area (Å²) >= 11 is 0. The molecule has 1 aromatic carbocycles. The van der Waals surface area contributed by atoms with Crippen molar-refractivity contribution in [1.29, 1.82) is 0 Å². The van der Waals surface area contributed by atoms with E-state index in [1.54, 1.807) is 6.07 Å². The van der Waals surface area contributed by atoms with E-state index in [4.69, 9.17) is 4.74 Å². The van der Waals surface area contributed by atoms with Gasteiger partial charge in [-0.15, -0.1) is 0 Å². The van der Waals surface area contributed by atoms with Gasteiger partial charge in [0.05, 0.1) is 6.26 Å². The predicted molar refractivity (Wildman–Crippen MR) is 50.5 cm³/mol. The quantitative estimate of drug-likeness (QED) is 0.701. The van der Waals surface area contributed by atoms with Gasteiger partial charge in [0.1, 0.15) is 11.9 Å². The fraction of sp³-hybridized carbons (Fsp3) is 0.273. The van der Waals surface area contributed by atoms with Gasteiger partial charge in [-0.2, -0.15) is 0 Å². The molecule has 0 saturated carbocycles. The first-order valence-corrected chi connectivity index (χ1v) is 4.39. The van der Waals surface area contributed by atoms with Crippen LogP contribution in [0.5, 0.6) is 5.75 Å². The van der Waals surface area contributed by atoms with Gasteiger partial charge in [0, 0.05) is 0 Å². The Morgan fingerprint density at radius 2 is 2.38 bits per heavy atom. The molecule has 1 atom stereocenters. The minimum absolute atomic E-state index is 0.132. The van der Waals surface area contributed by atoms with E-state index in [2.05, 4.69) is 6.58 Å². The zero-order valence-corrected chi connectivity index (χ0v) is 7.36. The molecule has 0 radical (unpaired) electrons. The van der Waals surface area contributed by atoms with Crippen molar-refractivity contribution in [2.24, 2.45) is 0 Å². The van der Waals surface area contributed by atoms with Crippen LogP contribution < -0.4 is 0 Å².